The lowest BCUT2D eigenvalue weighted by molar-refractivity contribution is -0.122. The molecule has 0 unspecified atom stereocenters. The second-order valence-electron chi connectivity index (χ2n) is 6.40. The van der Waals surface area contributed by atoms with Gasteiger partial charge in [0.25, 0.3) is 0 Å². The molecule has 0 aromatic heterocycles. The van der Waals surface area contributed by atoms with Crippen LogP contribution in [-0.4, -0.2) is 50.4 Å². The average Bonchev–Trinajstić information content (AvgIpc) is 2.53. The van der Waals surface area contributed by atoms with Gasteiger partial charge in [0.15, 0.2) is 9.84 Å². The van der Waals surface area contributed by atoms with E-state index in [1.807, 2.05) is 42.3 Å². The van der Waals surface area contributed by atoms with Gasteiger partial charge < -0.3 is 5.32 Å². The van der Waals surface area contributed by atoms with Crippen molar-refractivity contribution in [3.8, 4) is 0 Å². The number of hydrogen-bond donors (Lipinski definition) is 1. The van der Waals surface area contributed by atoms with Crippen molar-refractivity contribution in [2.75, 3.05) is 19.8 Å². The maximum atomic E-state index is 12.1. The molecule has 128 valence electrons. The molecule has 6 heteroatoms. The molecule has 0 heterocycles. The zero-order chi connectivity index (χ0) is 16.9. The fraction of sp³-hybridized carbons (Fsp3) is 0.588. The van der Waals surface area contributed by atoms with E-state index in [9.17, 15) is 13.2 Å². The molecule has 1 aliphatic carbocycles. The van der Waals surface area contributed by atoms with Crippen LogP contribution in [0.3, 0.4) is 0 Å². The van der Waals surface area contributed by atoms with E-state index in [1.54, 1.807) is 0 Å². The average molecular weight is 338 g/mol. The van der Waals surface area contributed by atoms with Crippen molar-refractivity contribution in [3.05, 3.63) is 35.9 Å². The highest BCUT2D eigenvalue weighted by Crippen LogP contribution is 2.27. The number of nitrogens with zero attached hydrogens (tertiary/aromatic N) is 1. The van der Waals surface area contributed by atoms with Gasteiger partial charge in [-0.3, -0.25) is 9.69 Å². The maximum Gasteiger partial charge on any atom is 0.234 e. The second-order valence-corrected chi connectivity index (χ2v) is 8.66. The minimum absolute atomic E-state index is 0.0683. The third-order valence-corrected chi connectivity index (χ3v) is 6.16. The molecule has 1 N–H and O–H groups in total. The highest BCUT2D eigenvalue weighted by molar-refractivity contribution is 7.91. The summed E-state index contributed by atoms with van der Waals surface area (Å²) in [6, 6.07) is 9.67. The van der Waals surface area contributed by atoms with Crippen LogP contribution < -0.4 is 5.32 Å². The Bertz CT molecular complexity index is 616. The predicted octanol–water partition coefficient (Wildman–Crippen LogP) is 1.59. The molecule has 2 atom stereocenters. The molecular weight excluding hydrogens is 312 g/mol. The molecule has 1 aliphatic rings. The summed E-state index contributed by atoms with van der Waals surface area (Å²) in [5.74, 6) is -0.0748. The monoisotopic (exact) mass is 338 g/mol. The van der Waals surface area contributed by atoms with Crippen LogP contribution in [0.2, 0.25) is 0 Å². The van der Waals surface area contributed by atoms with E-state index in [0.29, 0.717) is 13.0 Å². The van der Waals surface area contributed by atoms with Gasteiger partial charge in [0, 0.05) is 18.8 Å². The molecule has 1 amide bonds. The lowest BCUT2D eigenvalue weighted by Crippen LogP contribution is -2.49. The topological polar surface area (TPSA) is 66.5 Å². The van der Waals surface area contributed by atoms with Crippen molar-refractivity contribution in [2.45, 2.75) is 43.5 Å². The first-order valence-electron chi connectivity index (χ1n) is 8.07. The van der Waals surface area contributed by atoms with E-state index in [-0.39, 0.29) is 23.7 Å². The van der Waals surface area contributed by atoms with Gasteiger partial charge in [-0.1, -0.05) is 43.2 Å². The molecule has 1 fully saturated rings. The number of hydrogen-bond acceptors (Lipinski definition) is 4. The molecule has 0 radical (unpaired) electrons. The normalized spacial score (nSPS) is 22.0. The summed E-state index contributed by atoms with van der Waals surface area (Å²) >= 11 is 0. The van der Waals surface area contributed by atoms with Gasteiger partial charge in [-0.05, 0) is 25.5 Å². The fourth-order valence-electron chi connectivity index (χ4n) is 3.28. The summed E-state index contributed by atoms with van der Waals surface area (Å²) in [5, 5.41) is 2.53. The van der Waals surface area contributed by atoms with E-state index < -0.39 is 9.84 Å². The van der Waals surface area contributed by atoms with Crippen molar-refractivity contribution < 1.29 is 13.2 Å². The van der Waals surface area contributed by atoms with Gasteiger partial charge in [-0.25, -0.2) is 8.42 Å². The highest BCUT2D eigenvalue weighted by atomic mass is 32.2. The summed E-state index contributed by atoms with van der Waals surface area (Å²) in [6.07, 6.45) is 4.80. The summed E-state index contributed by atoms with van der Waals surface area (Å²) in [7, 11) is -1.24. The van der Waals surface area contributed by atoms with Crippen LogP contribution in [0.25, 0.3) is 0 Å². The Morgan fingerprint density at radius 3 is 2.52 bits per heavy atom. The van der Waals surface area contributed by atoms with Crippen molar-refractivity contribution in [1.82, 2.24) is 10.2 Å². The smallest absolute Gasteiger partial charge is 0.234 e. The first-order chi connectivity index (χ1) is 10.9. The number of rotatable bonds is 6. The van der Waals surface area contributed by atoms with Crippen LogP contribution in [0.5, 0.6) is 0 Å². The summed E-state index contributed by atoms with van der Waals surface area (Å²) < 4.78 is 23.9. The first kappa shape index (κ1) is 17.9. The van der Waals surface area contributed by atoms with E-state index >= 15 is 0 Å². The molecule has 1 aromatic carbocycles. The van der Waals surface area contributed by atoms with Crippen LogP contribution in [0.4, 0.5) is 0 Å². The Hall–Kier alpha value is -1.40. The third kappa shape index (κ3) is 5.32. The van der Waals surface area contributed by atoms with Gasteiger partial charge in [0.2, 0.25) is 5.91 Å². The molecule has 0 saturated heterocycles. The fourth-order valence-corrected chi connectivity index (χ4v) is 4.79. The molecule has 0 spiro atoms. The second kappa shape index (κ2) is 7.93. The molecular formula is C17H26N2O3S. The standard InChI is InChI=1S/C17H26N2O3S/c1-19(15-10-6-7-11-16(15)23(2,21)22)13-17(20)18-12-14-8-4-3-5-9-14/h3-5,8-9,15-16H,6-7,10-13H2,1-2H3,(H,18,20)/t15-,16+/m0/s1. The highest BCUT2D eigenvalue weighted by Gasteiger charge is 2.35. The Labute approximate surface area is 139 Å². The minimum Gasteiger partial charge on any atom is -0.351 e. The zero-order valence-corrected chi connectivity index (χ0v) is 14.7. The summed E-state index contributed by atoms with van der Waals surface area (Å²) in [6.45, 7) is 0.719. The quantitative estimate of drug-likeness (QED) is 0.855. The van der Waals surface area contributed by atoms with Crippen molar-refractivity contribution in [3.63, 3.8) is 0 Å². The van der Waals surface area contributed by atoms with E-state index in [1.165, 1.54) is 6.26 Å². The number of nitrogens with one attached hydrogen (secondary N) is 1. The van der Waals surface area contributed by atoms with Crippen LogP contribution >= 0.6 is 0 Å². The largest absolute Gasteiger partial charge is 0.351 e. The SMILES string of the molecule is CN(CC(=O)NCc1ccccc1)[C@H]1CCCC[C@H]1S(C)(=O)=O. The Kier molecular flexibility index (Phi) is 6.18. The molecule has 5 nitrogen and oxygen atoms in total. The van der Waals surface area contributed by atoms with Crippen LogP contribution in [0, 0.1) is 0 Å². The van der Waals surface area contributed by atoms with Gasteiger partial charge in [0.05, 0.1) is 11.8 Å². The third-order valence-electron chi connectivity index (χ3n) is 4.51. The van der Waals surface area contributed by atoms with Gasteiger partial charge in [-0.15, -0.1) is 0 Å². The number of sulfone groups is 1. The minimum atomic E-state index is -3.08. The van der Waals surface area contributed by atoms with Gasteiger partial charge in [-0.2, -0.15) is 0 Å². The van der Waals surface area contributed by atoms with E-state index in [0.717, 1.165) is 24.8 Å². The van der Waals surface area contributed by atoms with Crippen LogP contribution in [-0.2, 0) is 21.2 Å². The maximum absolute atomic E-state index is 12.1. The first-order valence-corrected chi connectivity index (χ1v) is 10.0. The van der Waals surface area contributed by atoms with Gasteiger partial charge in [0.1, 0.15) is 0 Å². The number of likely N-dealkylation sites (N-methyl/N-ethyl adjacent to an activating group) is 1. The Morgan fingerprint density at radius 2 is 1.87 bits per heavy atom. The Balaban J connectivity index is 1.89. The molecule has 23 heavy (non-hydrogen) atoms. The van der Waals surface area contributed by atoms with Crippen LogP contribution in [0.1, 0.15) is 31.2 Å². The zero-order valence-electron chi connectivity index (χ0n) is 13.9. The van der Waals surface area contributed by atoms with Crippen molar-refractivity contribution in [1.29, 1.82) is 0 Å². The number of amides is 1. The molecule has 0 bridgehead atoms. The molecule has 2 rings (SSSR count). The van der Waals surface area contributed by atoms with Crippen molar-refractivity contribution in [2.24, 2.45) is 0 Å². The Morgan fingerprint density at radius 1 is 1.22 bits per heavy atom. The summed E-state index contributed by atoms with van der Waals surface area (Å²) in [5.41, 5.74) is 1.05. The van der Waals surface area contributed by atoms with E-state index in [4.69, 9.17) is 0 Å². The number of carbonyl (C=O) groups is 1. The lowest BCUT2D eigenvalue weighted by atomic mass is 9.94. The lowest BCUT2D eigenvalue weighted by Gasteiger charge is -2.36. The van der Waals surface area contributed by atoms with Crippen molar-refractivity contribution >= 4 is 15.7 Å². The van der Waals surface area contributed by atoms with E-state index in [2.05, 4.69) is 5.32 Å². The number of benzene rings is 1. The predicted molar refractivity (Wildman–Crippen MR) is 91.8 cm³/mol. The summed E-state index contributed by atoms with van der Waals surface area (Å²) in [4.78, 5) is 14.0. The van der Waals surface area contributed by atoms with Crippen LogP contribution in [0.15, 0.2) is 30.3 Å². The van der Waals surface area contributed by atoms with Gasteiger partial charge >= 0.3 is 0 Å². The molecule has 0 aliphatic heterocycles. The molecule has 1 aromatic rings. The number of carbonyl (C=O) groups excluding carboxylic acids is 1. The molecule has 1 saturated carbocycles.